The molecule has 5 nitrogen and oxygen atoms in total. The highest BCUT2D eigenvalue weighted by Gasteiger charge is 2.26. The zero-order chi connectivity index (χ0) is 13.5. The largest absolute Gasteiger partial charge is 0.463 e. The van der Waals surface area contributed by atoms with E-state index in [9.17, 15) is 9.59 Å². The van der Waals surface area contributed by atoms with Crippen LogP contribution >= 0.6 is 0 Å². The molecule has 0 saturated carbocycles. The van der Waals surface area contributed by atoms with Crippen LogP contribution < -0.4 is 0 Å². The molecule has 0 N–H and O–H groups in total. The lowest BCUT2D eigenvalue weighted by Crippen LogP contribution is -2.17. The van der Waals surface area contributed by atoms with Crippen LogP contribution in [0.15, 0.2) is 23.8 Å². The van der Waals surface area contributed by atoms with Gasteiger partial charge in [-0.15, -0.1) is 0 Å². The molecule has 0 bridgehead atoms. The molecule has 0 aromatic rings. The smallest absolute Gasteiger partial charge is 0.333 e. The van der Waals surface area contributed by atoms with E-state index in [2.05, 4.69) is 6.58 Å². The van der Waals surface area contributed by atoms with Crippen LogP contribution in [0.5, 0.6) is 0 Å². The molecule has 1 rings (SSSR count). The zero-order valence-corrected chi connectivity index (χ0v) is 10.7. The summed E-state index contributed by atoms with van der Waals surface area (Å²) in [7, 11) is 1.47. The fourth-order valence-electron chi connectivity index (χ4n) is 1.66. The van der Waals surface area contributed by atoms with Crippen molar-refractivity contribution in [2.75, 3.05) is 13.7 Å². The number of ether oxygens (including phenoxy) is 3. The topological polar surface area (TPSA) is 61.8 Å². The van der Waals surface area contributed by atoms with Crippen molar-refractivity contribution in [2.45, 2.75) is 32.2 Å². The van der Waals surface area contributed by atoms with Gasteiger partial charge < -0.3 is 14.2 Å². The maximum atomic E-state index is 11.3. The molecule has 0 saturated heterocycles. The monoisotopic (exact) mass is 254 g/mol. The van der Waals surface area contributed by atoms with Crippen molar-refractivity contribution in [3.05, 3.63) is 23.8 Å². The second-order valence-electron chi connectivity index (χ2n) is 3.89. The van der Waals surface area contributed by atoms with Gasteiger partial charge in [0, 0.05) is 18.3 Å². The molecule has 100 valence electrons. The summed E-state index contributed by atoms with van der Waals surface area (Å²) in [6, 6.07) is 0. The summed E-state index contributed by atoms with van der Waals surface area (Å²) >= 11 is 0. The molecule has 0 amide bonds. The fourth-order valence-corrected chi connectivity index (χ4v) is 1.66. The average Bonchev–Trinajstić information content (AvgIpc) is 2.78. The highest BCUT2D eigenvalue weighted by atomic mass is 16.7. The van der Waals surface area contributed by atoms with E-state index in [-0.39, 0.29) is 6.10 Å². The third-order valence-electron chi connectivity index (χ3n) is 2.59. The number of aldehydes is 1. The molecule has 1 aliphatic rings. The van der Waals surface area contributed by atoms with Gasteiger partial charge in [0.1, 0.15) is 0 Å². The number of rotatable bonds is 7. The van der Waals surface area contributed by atoms with Crippen LogP contribution in [0.1, 0.15) is 19.8 Å². The SMILES string of the molecule is C=C(CC[C@@H]1C=C(C=O)[C@@H](OC)O1)C(=O)OCC. The molecule has 1 heterocycles. The van der Waals surface area contributed by atoms with Gasteiger partial charge in [0.25, 0.3) is 0 Å². The van der Waals surface area contributed by atoms with Crippen LogP contribution in [-0.4, -0.2) is 38.4 Å². The molecule has 1 aliphatic heterocycles. The van der Waals surface area contributed by atoms with E-state index in [1.165, 1.54) is 7.11 Å². The lowest BCUT2D eigenvalue weighted by molar-refractivity contribution is -0.138. The first-order valence-electron chi connectivity index (χ1n) is 5.82. The Morgan fingerprint density at radius 3 is 2.83 bits per heavy atom. The Hall–Kier alpha value is -1.46. The molecule has 0 aromatic heterocycles. The minimum atomic E-state index is -0.608. The Morgan fingerprint density at radius 2 is 2.33 bits per heavy atom. The summed E-state index contributed by atoms with van der Waals surface area (Å²) in [5.41, 5.74) is 0.881. The molecule has 0 aromatic carbocycles. The van der Waals surface area contributed by atoms with Gasteiger partial charge in [-0.2, -0.15) is 0 Å². The van der Waals surface area contributed by atoms with Gasteiger partial charge in [-0.1, -0.05) is 6.58 Å². The summed E-state index contributed by atoms with van der Waals surface area (Å²) in [4.78, 5) is 22.1. The number of carbonyl (C=O) groups excluding carboxylic acids is 2. The van der Waals surface area contributed by atoms with E-state index in [1.807, 2.05) is 0 Å². The molecule has 2 atom stereocenters. The summed E-state index contributed by atoms with van der Waals surface area (Å²) in [5.74, 6) is -0.390. The minimum Gasteiger partial charge on any atom is -0.463 e. The average molecular weight is 254 g/mol. The summed E-state index contributed by atoms with van der Waals surface area (Å²) in [6.07, 6.45) is 2.61. The first-order chi connectivity index (χ1) is 8.62. The minimum absolute atomic E-state index is 0.235. The van der Waals surface area contributed by atoms with Gasteiger partial charge in [0.05, 0.1) is 12.7 Å². The molecule has 0 fully saturated rings. The van der Waals surface area contributed by atoms with Crippen LogP contribution in [0, 0.1) is 0 Å². The Balaban J connectivity index is 2.41. The normalized spacial score (nSPS) is 22.4. The molecule has 5 heteroatoms. The maximum absolute atomic E-state index is 11.3. The quantitative estimate of drug-likeness (QED) is 0.390. The van der Waals surface area contributed by atoms with Crippen molar-refractivity contribution in [1.29, 1.82) is 0 Å². The number of esters is 1. The Morgan fingerprint density at radius 1 is 1.61 bits per heavy atom. The molecular weight excluding hydrogens is 236 g/mol. The Labute approximate surface area is 106 Å². The van der Waals surface area contributed by atoms with Crippen molar-refractivity contribution >= 4 is 12.3 Å². The second-order valence-corrected chi connectivity index (χ2v) is 3.89. The molecule has 0 spiro atoms. The van der Waals surface area contributed by atoms with Crippen molar-refractivity contribution in [3.8, 4) is 0 Å². The van der Waals surface area contributed by atoms with E-state index in [0.717, 1.165) is 0 Å². The number of methoxy groups -OCH3 is 1. The van der Waals surface area contributed by atoms with Gasteiger partial charge in [-0.25, -0.2) is 4.79 Å². The second kappa shape index (κ2) is 7.08. The summed E-state index contributed by atoms with van der Waals surface area (Å²) in [6.45, 7) is 5.74. The van der Waals surface area contributed by atoms with E-state index in [1.54, 1.807) is 13.0 Å². The molecular formula is C13H18O5. The third kappa shape index (κ3) is 3.78. The lowest BCUT2D eigenvalue weighted by Gasteiger charge is -2.13. The number of hydrogen-bond donors (Lipinski definition) is 0. The maximum Gasteiger partial charge on any atom is 0.333 e. The number of carbonyl (C=O) groups is 2. The van der Waals surface area contributed by atoms with E-state index < -0.39 is 12.3 Å². The van der Waals surface area contributed by atoms with Crippen molar-refractivity contribution in [1.82, 2.24) is 0 Å². The van der Waals surface area contributed by atoms with Gasteiger partial charge in [-0.05, 0) is 25.8 Å². The highest BCUT2D eigenvalue weighted by molar-refractivity contribution is 5.87. The van der Waals surface area contributed by atoms with Crippen LogP contribution in [-0.2, 0) is 23.8 Å². The number of hydrogen-bond acceptors (Lipinski definition) is 5. The zero-order valence-electron chi connectivity index (χ0n) is 10.7. The van der Waals surface area contributed by atoms with E-state index >= 15 is 0 Å². The van der Waals surface area contributed by atoms with Gasteiger partial charge >= 0.3 is 5.97 Å². The Kier molecular flexibility index (Phi) is 5.74. The van der Waals surface area contributed by atoms with E-state index in [4.69, 9.17) is 14.2 Å². The standard InChI is InChI=1S/C13H18O5/c1-4-17-12(15)9(2)5-6-11-7-10(8-14)13(16-3)18-11/h7-8,11,13H,2,4-6H2,1,3H3/t11-,13+/m1/s1. The molecule has 18 heavy (non-hydrogen) atoms. The highest BCUT2D eigenvalue weighted by Crippen LogP contribution is 2.23. The van der Waals surface area contributed by atoms with Gasteiger partial charge in [-0.3, -0.25) is 4.79 Å². The van der Waals surface area contributed by atoms with Gasteiger partial charge in [0.15, 0.2) is 12.6 Å². The fraction of sp³-hybridized carbons (Fsp3) is 0.538. The Bertz CT molecular complexity index is 358. The van der Waals surface area contributed by atoms with Crippen molar-refractivity contribution < 1.29 is 23.8 Å². The van der Waals surface area contributed by atoms with Gasteiger partial charge in [0.2, 0.25) is 0 Å². The molecule has 0 radical (unpaired) electrons. The predicted octanol–water partition coefficient (Wildman–Crippen LogP) is 1.38. The summed E-state index contributed by atoms with van der Waals surface area (Å²) < 4.78 is 15.3. The third-order valence-corrected chi connectivity index (χ3v) is 2.59. The van der Waals surface area contributed by atoms with Crippen LogP contribution in [0.4, 0.5) is 0 Å². The first kappa shape index (κ1) is 14.6. The van der Waals surface area contributed by atoms with Crippen molar-refractivity contribution in [3.63, 3.8) is 0 Å². The van der Waals surface area contributed by atoms with Crippen LogP contribution in [0.2, 0.25) is 0 Å². The van der Waals surface area contributed by atoms with Crippen molar-refractivity contribution in [2.24, 2.45) is 0 Å². The molecule has 0 aliphatic carbocycles. The summed E-state index contributed by atoms with van der Waals surface area (Å²) in [5, 5.41) is 0. The predicted molar refractivity (Wildman–Crippen MR) is 64.8 cm³/mol. The van der Waals surface area contributed by atoms with Crippen LogP contribution in [0.3, 0.4) is 0 Å². The van der Waals surface area contributed by atoms with E-state index in [0.29, 0.717) is 36.9 Å². The van der Waals surface area contributed by atoms with Crippen LogP contribution in [0.25, 0.3) is 0 Å². The molecule has 0 unspecified atom stereocenters. The first-order valence-corrected chi connectivity index (χ1v) is 5.82. The lowest BCUT2D eigenvalue weighted by atomic mass is 10.1.